The Kier molecular flexibility index (Phi) is 5.60. The molecule has 0 saturated carbocycles. The molecule has 20 heavy (non-hydrogen) atoms. The van der Waals surface area contributed by atoms with Gasteiger partial charge in [0.25, 0.3) is 0 Å². The predicted molar refractivity (Wildman–Crippen MR) is 82.4 cm³/mol. The highest BCUT2D eigenvalue weighted by molar-refractivity contribution is 5.81. The third kappa shape index (κ3) is 4.07. The summed E-state index contributed by atoms with van der Waals surface area (Å²) in [6.07, 6.45) is 6.81. The van der Waals surface area contributed by atoms with Crippen LogP contribution >= 0.6 is 0 Å². The van der Waals surface area contributed by atoms with Crippen LogP contribution in [0.1, 0.15) is 44.6 Å². The average Bonchev–Trinajstić information content (AvgIpc) is 2.48. The van der Waals surface area contributed by atoms with Gasteiger partial charge >= 0.3 is 0 Å². The summed E-state index contributed by atoms with van der Waals surface area (Å²) in [4.78, 5) is 14.2. The zero-order valence-electron chi connectivity index (χ0n) is 12.4. The molecule has 2 atom stereocenters. The summed E-state index contributed by atoms with van der Waals surface area (Å²) in [6.45, 7) is 2.67. The number of hydrogen-bond acceptors (Lipinski definition) is 2. The molecule has 2 N–H and O–H groups in total. The zero-order valence-corrected chi connectivity index (χ0v) is 12.4. The number of likely N-dealkylation sites (tertiary alicyclic amines) is 1. The molecule has 110 valence electrons. The fourth-order valence-electron chi connectivity index (χ4n) is 3.04. The van der Waals surface area contributed by atoms with Crippen molar-refractivity contribution in [2.75, 3.05) is 6.54 Å². The quantitative estimate of drug-likeness (QED) is 0.897. The lowest BCUT2D eigenvalue weighted by atomic mass is 9.95. The number of carbonyl (C=O) groups is 1. The number of hydrogen-bond donors (Lipinski definition) is 1. The Morgan fingerprint density at radius 1 is 1.35 bits per heavy atom. The molecule has 1 heterocycles. The fraction of sp³-hybridized carbons (Fsp3) is 0.588. The summed E-state index contributed by atoms with van der Waals surface area (Å²) in [6, 6.07) is 10.6. The van der Waals surface area contributed by atoms with Crippen LogP contribution in [0.2, 0.25) is 0 Å². The topological polar surface area (TPSA) is 46.3 Å². The van der Waals surface area contributed by atoms with Gasteiger partial charge < -0.3 is 10.6 Å². The minimum atomic E-state index is -0.371. The standard InChI is InChI=1S/C17H26N2O/c1-14(18)17(20)19-13-6-5-11-16(19)12-7-10-15-8-3-2-4-9-15/h2-4,8-9,14,16H,5-7,10-13,18H2,1H3. The van der Waals surface area contributed by atoms with Gasteiger partial charge in [-0.05, 0) is 51.0 Å². The summed E-state index contributed by atoms with van der Waals surface area (Å²) >= 11 is 0. The summed E-state index contributed by atoms with van der Waals surface area (Å²) in [5, 5.41) is 0. The Morgan fingerprint density at radius 3 is 2.80 bits per heavy atom. The van der Waals surface area contributed by atoms with Gasteiger partial charge in [-0.25, -0.2) is 0 Å². The third-order valence-electron chi connectivity index (χ3n) is 4.15. The maximum Gasteiger partial charge on any atom is 0.239 e. The van der Waals surface area contributed by atoms with Crippen molar-refractivity contribution in [1.82, 2.24) is 4.90 Å². The van der Waals surface area contributed by atoms with Gasteiger partial charge in [-0.2, -0.15) is 0 Å². The predicted octanol–water partition coefficient (Wildman–Crippen LogP) is 2.74. The number of carbonyl (C=O) groups excluding carboxylic acids is 1. The van der Waals surface area contributed by atoms with E-state index >= 15 is 0 Å². The number of aryl methyl sites for hydroxylation is 1. The van der Waals surface area contributed by atoms with Crippen LogP contribution in [0.15, 0.2) is 30.3 Å². The van der Waals surface area contributed by atoms with E-state index in [1.165, 1.54) is 12.0 Å². The van der Waals surface area contributed by atoms with Crippen LogP contribution in [0, 0.1) is 0 Å². The number of benzene rings is 1. The molecule has 3 nitrogen and oxygen atoms in total. The van der Waals surface area contributed by atoms with E-state index in [0.29, 0.717) is 6.04 Å². The van der Waals surface area contributed by atoms with Gasteiger partial charge in [0.2, 0.25) is 5.91 Å². The van der Waals surface area contributed by atoms with E-state index in [4.69, 9.17) is 5.73 Å². The molecule has 1 amide bonds. The maximum absolute atomic E-state index is 12.1. The van der Waals surface area contributed by atoms with E-state index in [2.05, 4.69) is 24.3 Å². The lowest BCUT2D eigenvalue weighted by Crippen LogP contribution is -2.49. The van der Waals surface area contributed by atoms with Gasteiger partial charge in [-0.15, -0.1) is 0 Å². The first-order valence-electron chi connectivity index (χ1n) is 7.78. The van der Waals surface area contributed by atoms with Gasteiger partial charge in [0.05, 0.1) is 6.04 Å². The smallest absolute Gasteiger partial charge is 0.239 e. The van der Waals surface area contributed by atoms with Crippen LogP contribution in [-0.2, 0) is 11.2 Å². The summed E-state index contributed by atoms with van der Waals surface area (Å²) in [7, 11) is 0. The first-order chi connectivity index (χ1) is 9.68. The number of rotatable bonds is 5. The van der Waals surface area contributed by atoms with Crippen molar-refractivity contribution in [1.29, 1.82) is 0 Å². The van der Waals surface area contributed by atoms with Crippen molar-refractivity contribution in [2.45, 2.75) is 57.5 Å². The van der Waals surface area contributed by atoms with Gasteiger partial charge in [0.15, 0.2) is 0 Å². The van der Waals surface area contributed by atoms with Crippen molar-refractivity contribution in [3.63, 3.8) is 0 Å². The van der Waals surface area contributed by atoms with Gasteiger partial charge in [-0.3, -0.25) is 4.79 Å². The Labute approximate surface area is 122 Å². The largest absolute Gasteiger partial charge is 0.338 e. The fourth-order valence-corrected chi connectivity index (χ4v) is 3.04. The van der Waals surface area contributed by atoms with E-state index in [9.17, 15) is 4.79 Å². The van der Waals surface area contributed by atoms with Crippen LogP contribution in [0.5, 0.6) is 0 Å². The van der Waals surface area contributed by atoms with E-state index < -0.39 is 0 Å². The first-order valence-corrected chi connectivity index (χ1v) is 7.78. The molecule has 0 aromatic heterocycles. The molecule has 2 unspecified atom stereocenters. The van der Waals surface area contributed by atoms with Crippen molar-refractivity contribution >= 4 is 5.91 Å². The molecular weight excluding hydrogens is 248 g/mol. The highest BCUT2D eigenvalue weighted by atomic mass is 16.2. The molecule has 1 aromatic carbocycles. The summed E-state index contributed by atoms with van der Waals surface area (Å²) in [5.74, 6) is 0.120. The van der Waals surface area contributed by atoms with E-state index in [-0.39, 0.29) is 11.9 Å². The van der Waals surface area contributed by atoms with Crippen LogP contribution in [0.4, 0.5) is 0 Å². The molecule has 1 aliphatic rings. The molecule has 0 radical (unpaired) electrons. The zero-order chi connectivity index (χ0) is 14.4. The monoisotopic (exact) mass is 274 g/mol. The van der Waals surface area contributed by atoms with Gasteiger partial charge in [0.1, 0.15) is 0 Å². The van der Waals surface area contributed by atoms with Gasteiger partial charge in [-0.1, -0.05) is 30.3 Å². The first kappa shape index (κ1) is 15.0. The number of amides is 1. The van der Waals surface area contributed by atoms with Gasteiger partial charge in [0, 0.05) is 12.6 Å². The van der Waals surface area contributed by atoms with Crippen LogP contribution < -0.4 is 5.73 Å². The summed E-state index contributed by atoms with van der Waals surface area (Å²) < 4.78 is 0. The van der Waals surface area contributed by atoms with Crippen LogP contribution in [-0.4, -0.2) is 29.4 Å². The van der Waals surface area contributed by atoms with Crippen LogP contribution in [0.25, 0.3) is 0 Å². The Balaban J connectivity index is 1.84. The van der Waals surface area contributed by atoms with E-state index in [1.807, 2.05) is 11.0 Å². The highest BCUT2D eigenvalue weighted by Crippen LogP contribution is 2.22. The molecular formula is C17H26N2O. The Hall–Kier alpha value is -1.35. The maximum atomic E-state index is 12.1. The molecule has 3 heteroatoms. The lowest BCUT2D eigenvalue weighted by molar-refractivity contribution is -0.136. The molecule has 0 spiro atoms. The molecule has 1 saturated heterocycles. The second kappa shape index (κ2) is 7.44. The SMILES string of the molecule is CC(N)C(=O)N1CCCCC1CCCc1ccccc1. The third-order valence-corrected chi connectivity index (χ3v) is 4.15. The van der Waals surface area contributed by atoms with Crippen molar-refractivity contribution in [2.24, 2.45) is 5.73 Å². The summed E-state index contributed by atoms with van der Waals surface area (Å²) in [5.41, 5.74) is 7.14. The Morgan fingerprint density at radius 2 is 2.10 bits per heavy atom. The van der Waals surface area contributed by atoms with E-state index in [0.717, 1.165) is 38.6 Å². The minimum Gasteiger partial charge on any atom is -0.338 e. The van der Waals surface area contributed by atoms with Crippen molar-refractivity contribution < 1.29 is 4.79 Å². The second-order valence-electron chi connectivity index (χ2n) is 5.85. The highest BCUT2D eigenvalue weighted by Gasteiger charge is 2.27. The molecule has 2 rings (SSSR count). The van der Waals surface area contributed by atoms with E-state index in [1.54, 1.807) is 6.92 Å². The van der Waals surface area contributed by atoms with Crippen LogP contribution in [0.3, 0.4) is 0 Å². The van der Waals surface area contributed by atoms with Crippen molar-refractivity contribution in [3.05, 3.63) is 35.9 Å². The normalized spacial score (nSPS) is 20.7. The number of nitrogens with zero attached hydrogens (tertiary/aromatic N) is 1. The number of nitrogens with two attached hydrogens (primary N) is 1. The molecule has 1 fully saturated rings. The molecule has 1 aromatic rings. The minimum absolute atomic E-state index is 0.120. The Bertz CT molecular complexity index is 416. The number of piperidine rings is 1. The molecule has 1 aliphatic heterocycles. The second-order valence-corrected chi connectivity index (χ2v) is 5.85. The lowest BCUT2D eigenvalue weighted by Gasteiger charge is -2.37. The molecule has 0 aliphatic carbocycles. The van der Waals surface area contributed by atoms with Crippen molar-refractivity contribution in [3.8, 4) is 0 Å². The molecule has 0 bridgehead atoms. The average molecular weight is 274 g/mol.